The number of hydrogen-bond acceptors (Lipinski definition) is 2. The quantitative estimate of drug-likeness (QED) is 0.405. The smallest absolute Gasteiger partial charge is 0.253 e. The molecule has 0 spiro atoms. The molecule has 0 fully saturated rings. The molecule has 1 unspecified atom stereocenters. The largest absolute Gasteiger partial charge is 0.352 e. The standard InChI is InChI=1S/C27H28ClN3O2/c1-16-13-17(2)30-27(33)24(16)15-29-26(32)14-23-19(4)31(25-8-6-5-7-22(23)25)18(3)20-9-11-21(28)12-10-20/h5-13,18H,14-15H2,1-4H3,(H,29,32)(H,30,33). The molecule has 4 rings (SSSR count). The molecule has 0 saturated heterocycles. The lowest BCUT2D eigenvalue weighted by atomic mass is 10.1. The first kappa shape index (κ1) is 22.9. The maximum absolute atomic E-state index is 12.9. The molecule has 170 valence electrons. The third-order valence-corrected chi connectivity index (χ3v) is 6.57. The van der Waals surface area contributed by atoms with Crippen molar-refractivity contribution in [1.29, 1.82) is 0 Å². The van der Waals surface area contributed by atoms with E-state index in [1.165, 1.54) is 0 Å². The average molecular weight is 462 g/mol. The normalized spacial score (nSPS) is 12.2. The average Bonchev–Trinajstić information content (AvgIpc) is 3.04. The lowest BCUT2D eigenvalue weighted by Crippen LogP contribution is -2.29. The minimum Gasteiger partial charge on any atom is -0.352 e. The Morgan fingerprint density at radius 1 is 1.06 bits per heavy atom. The van der Waals surface area contributed by atoms with Crippen molar-refractivity contribution < 1.29 is 4.79 Å². The third kappa shape index (κ3) is 4.60. The molecular weight excluding hydrogens is 434 g/mol. The summed E-state index contributed by atoms with van der Waals surface area (Å²) in [7, 11) is 0. The van der Waals surface area contributed by atoms with Gasteiger partial charge in [-0.05, 0) is 68.7 Å². The predicted octanol–water partition coefficient (Wildman–Crippen LogP) is 5.38. The van der Waals surface area contributed by atoms with Gasteiger partial charge in [0.1, 0.15) is 0 Å². The molecule has 0 radical (unpaired) electrons. The van der Waals surface area contributed by atoms with E-state index in [2.05, 4.69) is 40.8 Å². The molecule has 2 aromatic heterocycles. The van der Waals surface area contributed by atoms with E-state index in [0.29, 0.717) is 10.6 Å². The van der Waals surface area contributed by atoms with Crippen molar-refractivity contribution in [3.05, 3.63) is 104 Å². The highest BCUT2D eigenvalue weighted by Gasteiger charge is 2.20. The van der Waals surface area contributed by atoms with E-state index in [-0.39, 0.29) is 30.5 Å². The fraction of sp³-hybridized carbons (Fsp3) is 0.259. The number of carbonyl (C=O) groups excluding carboxylic acids is 1. The predicted molar refractivity (Wildman–Crippen MR) is 134 cm³/mol. The zero-order valence-electron chi connectivity index (χ0n) is 19.3. The van der Waals surface area contributed by atoms with Gasteiger partial charge in [0.15, 0.2) is 0 Å². The minimum atomic E-state index is -0.155. The number of para-hydroxylation sites is 1. The summed E-state index contributed by atoms with van der Waals surface area (Å²) in [5.74, 6) is -0.112. The molecule has 1 atom stereocenters. The number of aromatic amines is 1. The number of fused-ring (bicyclic) bond motifs is 1. The number of rotatable bonds is 6. The highest BCUT2D eigenvalue weighted by Crippen LogP contribution is 2.32. The molecule has 5 nitrogen and oxygen atoms in total. The monoisotopic (exact) mass is 461 g/mol. The summed E-state index contributed by atoms with van der Waals surface area (Å²) in [6.45, 7) is 8.15. The number of hydrogen-bond donors (Lipinski definition) is 2. The Labute approximate surface area is 198 Å². The second kappa shape index (κ2) is 9.28. The number of H-pyrrole nitrogens is 1. The Bertz CT molecular complexity index is 1380. The first-order valence-corrected chi connectivity index (χ1v) is 11.4. The van der Waals surface area contributed by atoms with Crippen LogP contribution < -0.4 is 10.9 Å². The van der Waals surface area contributed by atoms with E-state index in [1.807, 2.05) is 56.3 Å². The summed E-state index contributed by atoms with van der Waals surface area (Å²) in [4.78, 5) is 28.0. The van der Waals surface area contributed by atoms with Gasteiger partial charge >= 0.3 is 0 Å². The molecule has 33 heavy (non-hydrogen) atoms. The van der Waals surface area contributed by atoms with Crippen molar-refractivity contribution in [2.24, 2.45) is 0 Å². The van der Waals surface area contributed by atoms with Crippen molar-refractivity contribution in [1.82, 2.24) is 14.9 Å². The van der Waals surface area contributed by atoms with Crippen LogP contribution in [0.3, 0.4) is 0 Å². The Hall–Kier alpha value is -3.31. The minimum absolute atomic E-state index is 0.0812. The van der Waals surface area contributed by atoms with E-state index < -0.39 is 0 Å². The molecule has 2 N–H and O–H groups in total. The summed E-state index contributed by atoms with van der Waals surface area (Å²) in [5.41, 5.74) is 6.41. The SMILES string of the molecule is Cc1cc(C)c(CNC(=O)Cc2c(C)n(C(C)c3ccc(Cl)cc3)c3ccccc23)c(=O)[nH]1. The van der Waals surface area contributed by atoms with Crippen molar-refractivity contribution >= 4 is 28.4 Å². The fourth-order valence-corrected chi connectivity index (χ4v) is 4.71. The maximum Gasteiger partial charge on any atom is 0.253 e. The molecule has 6 heteroatoms. The van der Waals surface area contributed by atoms with E-state index in [0.717, 1.165) is 39.0 Å². The Balaban J connectivity index is 1.62. The summed E-state index contributed by atoms with van der Waals surface area (Å²) >= 11 is 6.08. The van der Waals surface area contributed by atoms with Gasteiger partial charge in [-0.3, -0.25) is 9.59 Å². The van der Waals surface area contributed by atoms with Gasteiger partial charge in [-0.1, -0.05) is 41.9 Å². The Kier molecular flexibility index (Phi) is 6.43. The van der Waals surface area contributed by atoms with Gasteiger partial charge in [0, 0.05) is 39.4 Å². The molecule has 1 amide bonds. The number of pyridine rings is 1. The number of halogens is 1. The van der Waals surface area contributed by atoms with Gasteiger partial charge < -0.3 is 14.9 Å². The first-order valence-electron chi connectivity index (χ1n) is 11.1. The van der Waals surface area contributed by atoms with Crippen LogP contribution in [0.5, 0.6) is 0 Å². The summed E-state index contributed by atoms with van der Waals surface area (Å²) in [6, 6.07) is 18.0. The molecule has 0 saturated carbocycles. The summed E-state index contributed by atoms with van der Waals surface area (Å²) in [6.07, 6.45) is 0.246. The topological polar surface area (TPSA) is 66.9 Å². The van der Waals surface area contributed by atoms with Crippen LogP contribution >= 0.6 is 11.6 Å². The highest BCUT2D eigenvalue weighted by molar-refractivity contribution is 6.30. The first-order chi connectivity index (χ1) is 15.8. The fourth-order valence-electron chi connectivity index (χ4n) is 4.58. The van der Waals surface area contributed by atoms with Gasteiger partial charge in [-0.15, -0.1) is 0 Å². The van der Waals surface area contributed by atoms with Crippen molar-refractivity contribution in [2.45, 2.75) is 46.7 Å². The molecule has 0 aliphatic heterocycles. The van der Waals surface area contributed by atoms with Crippen LogP contribution in [-0.4, -0.2) is 15.5 Å². The van der Waals surface area contributed by atoms with Crippen LogP contribution in [-0.2, 0) is 17.8 Å². The van der Waals surface area contributed by atoms with Crippen LogP contribution in [0.25, 0.3) is 10.9 Å². The van der Waals surface area contributed by atoms with Gasteiger partial charge in [0.25, 0.3) is 5.56 Å². The lowest BCUT2D eigenvalue weighted by Gasteiger charge is -2.18. The number of aryl methyl sites for hydroxylation is 2. The van der Waals surface area contributed by atoms with E-state index in [1.54, 1.807) is 0 Å². The van der Waals surface area contributed by atoms with Gasteiger partial charge in [0.2, 0.25) is 5.91 Å². The number of benzene rings is 2. The number of carbonyl (C=O) groups is 1. The van der Waals surface area contributed by atoms with Crippen molar-refractivity contribution in [3.8, 4) is 0 Å². The highest BCUT2D eigenvalue weighted by atomic mass is 35.5. The number of nitrogens with zero attached hydrogens (tertiary/aromatic N) is 1. The molecule has 0 bridgehead atoms. The zero-order chi connectivity index (χ0) is 23.7. The van der Waals surface area contributed by atoms with Crippen LogP contribution in [0, 0.1) is 20.8 Å². The maximum atomic E-state index is 12.9. The van der Waals surface area contributed by atoms with E-state index in [4.69, 9.17) is 11.6 Å². The van der Waals surface area contributed by atoms with Gasteiger partial charge in [-0.25, -0.2) is 0 Å². The molecular formula is C27H28ClN3O2. The summed E-state index contributed by atoms with van der Waals surface area (Å²) in [5, 5.41) is 4.71. The van der Waals surface area contributed by atoms with E-state index >= 15 is 0 Å². The van der Waals surface area contributed by atoms with Crippen LogP contribution in [0.15, 0.2) is 59.4 Å². The van der Waals surface area contributed by atoms with Crippen LogP contribution in [0.1, 0.15) is 46.6 Å². The molecule has 2 heterocycles. The van der Waals surface area contributed by atoms with Crippen LogP contribution in [0.4, 0.5) is 0 Å². The van der Waals surface area contributed by atoms with Gasteiger partial charge in [-0.2, -0.15) is 0 Å². The number of aromatic nitrogens is 2. The molecule has 0 aliphatic carbocycles. The van der Waals surface area contributed by atoms with Crippen LogP contribution in [0.2, 0.25) is 5.02 Å². The Morgan fingerprint density at radius 2 is 1.76 bits per heavy atom. The number of amides is 1. The third-order valence-electron chi connectivity index (χ3n) is 6.32. The molecule has 2 aromatic carbocycles. The second-order valence-corrected chi connectivity index (χ2v) is 9.01. The lowest BCUT2D eigenvalue weighted by molar-refractivity contribution is -0.120. The molecule has 0 aliphatic rings. The molecule has 4 aromatic rings. The second-order valence-electron chi connectivity index (χ2n) is 8.58. The Morgan fingerprint density at radius 3 is 2.45 bits per heavy atom. The zero-order valence-corrected chi connectivity index (χ0v) is 20.1. The summed E-state index contributed by atoms with van der Waals surface area (Å²) < 4.78 is 2.27. The number of nitrogens with one attached hydrogen (secondary N) is 2. The van der Waals surface area contributed by atoms with E-state index in [9.17, 15) is 9.59 Å². The van der Waals surface area contributed by atoms with Gasteiger partial charge in [0.05, 0.1) is 12.5 Å². The van der Waals surface area contributed by atoms with Crippen molar-refractivity contribution in [3.63, 3.8) is 0 Å². The van der Waals surface area contributed by atoms with Crippen molar-refractivity contribution in [2.75, 3.05) is 0 Å².